The Morgan fingerprint density at radius 3 is 2.21 bits per heavy atom. The van der Waals surface area contributed by atoms with Gasteiger partial charge in [-0.05, 0) is 49.2 Å². The molecule has 150 valence electrons. The molecule has 1 aliphatic rings. The van der Waals surface area contributed by atoms with E-state index < -0.39 is 16.0 Å². The van der Waals surface area contributed by atoms with Crippen molar-refractivity contribution >= 4 is 39.2 Å². The van der Waals surface area contributed by atoms with E-state index >= 15 is 0 Å². The van der Waals surface area contributed by atoms with E-state index in [1.54, 1.807) is 18.2 Å². The lowest BCUT2D eigenvalue weighted by molar-refractivity contribution is 0.0472. The molecule has 8 heteroatoms. The van der Waals surface area contributed by atoms with Gasteiger partial charge in [-0.15, -0.1) is 0 Å². The van der Waals surface area contributed by atoms with Crippen molar-refractivity contribution in [2.75, 3.05) is 13.1 Å². The van der Waals surface area contributed by atoms with E-state index in [0.29, 0.717) is 28.7 Å². The zero-order chi connectivity index (χ0) is 20.1. The molecule has 0 atom stereocenters. The lowest BCUT2D eigenvalue weighted by Crippen LogP contribution is -2.31. The molecule has 1 aliphatic heterocycles. The Kier molecular flexibility index (Phi) is 6.99. The molecule has 0 amide bonds. The van der Waals surface area contributed by atoms with Crippen LogP contribution >= 0.6 is 23.2 Å². The van der Waals surface area contributed by atoms with Gasteiger partial charge in [0.15, 0.2) is 0 Å². The van der Waals surface area contributed by atoms with Crippen LogP contribution in [0.3, 0.4) is 0 Å². The van der Waals surface area contributed by atoms with Crippen molar-refractivity contribution in [3.05, 3.63) is 63.6 Å². The van der Waals surface area contributed by atoms with Crippen molar-refractivity contribution in [1.82, 2.24) is 4.31 Å². The predicted molar refractivity (Wildman–Crippen MR) is 109 cm³/mol. The number of ether oxygens (including phenoxy) is 1. The zero-order valence-corrected chi connectivity index (χ0v) is 17.6. The van der Waals surface area contributed by atoms with E-state index in [-0.39, 0.29) is 17.1 Å². The molecular weight excluding hydrogens is 421 g/mol. The molecule has 0 bridgehead atoms. The third kappa shape index (κ3) is 5.06. The molecule has 0 aliphatic carbocycles. The SMILES string of the molecule is O=C(OCc1ccc(Cl)cc1Cl)c1ccc(S(=O)(=O)N2CCCCCC2)cc1. The number of sulfonamides is 1. The van der Waals surface area contributed by atoms with E-state index in [4.69, 9.17) is 27.9 Å². The van der Waals surface area contributed by atoms with Gasteiger partial charge in [0.1, 0.15) is 6.61 Å². The molecule has 0 spiro atoms. The molecule has 2 aromatic carbocycles. The molecule has 0 N–H and O–H groups in total. The number of hydrogen-bond donors (Lipinski definition) is 0. The van der Waals surface area contributed by atoms with Gasteiger partial charge in [0.25, 0.3) is 0 Å². The first kappa shape index (κ1) is 21.1. The van der Waals surface area contributed by atoms with Crippen LogP contribution in [0.5, 0.6) is 0 Å². The third-order valence-electron chi connectivity index (χ3n) is 4.67. The second-order valence-corrected chi connectivity index (χ2v) is 9.44. The summed E-state index contributed by atoms with van der Waals surface area (Å²) in [5.41, 5.74) is 0.916. The van der Waals surface area contributed by atoms with Crippen molar-refractivity contribution < 1.29 is 17.9 Å². The lowest BCUT2D eigenvalue weighted by atomic mass is 10.2. The molecule has 3 rings (SSSR count). The maximum Gasteiger partial charge on any atom is 0.338 e. The molecule has 0 radical (unpaired) electrons. The van der Waals surface area contributed by atoms with Crippen LogP contribution in [0.4, 0.5) is 0 Å². The van der Waals surface area contributed by atoms with Gasteiger partial charge in [0, 0.05) is 28.7 Å². The highest BCUT2D eigenvalue weighted by atomic mass is 35.5. The molecule has 1 fully saturated rings. The first-order chi connectivity index (χ1) is 13.4. The summed E-state index contributed by atoms with van der Waals surface area (Å²) >= 11 is 11.9. The fraction of sp³-hybridized carbons (Fsp3) is 0.350. The molecule has 0 aromatic heterocycles. The van der Waals surface area contributed by atoms with Gasteiger partial charge in [-0.3, -0.25) is 0 Å². The van der Waals surface area contributed by atoms with Crippen molar-refractivity contribution in [2.24, 2.45) is 0 Å². The van der Waals surface area contributed by atoms with Crippen LogP contribution in [0.2, 0.25) is 10.0 Å². The van der Waals surface area contributed by atoms with Crippen LogP contribution in [-0.4, -0.2) is 31.8 Å². The van der Waals surface area contributed by atoms with E-state index in [1.165, 1.54) is 28.6 Å². The predicted octanol–water partition coefficient (Wildman–Crippen LogP) is 4.92. The van der Waals surface area contributed by atoms with Crippen LogP contribution in [0, 0.1) is 0 Å². The van der Waals surface area contributed by atoms with Crippen molar-refractivity contribution in [2.45, 2.75) is 37.2 Å². The zero-order valence-electron chi connectivity index (χ0n) is 15.2. The minimum Gasteiger partial charge on any atom is -0.457 e. The normalized spacial score (nSPS) is 15.8. The molecule has 0 unspecified atom stereocenters. The largest absolute Gasteiger partial charge is 0.457 e. The number of halogens is 2. The molecule has 28 heavy (non-hydrogen) atoms. The maximum atomic E-state index is 12.8. The Balaban J connectivity index is 1.66. The molecule has 1 saturated heterocycles. The quantitative estimate of drug-likeness (QED) is 0.617. The second kappa shape index (κ2) is 9.27. The number of rotatable bonds is 5. The van der Waals surface area contributed by atoms with Crippen LogP contribution in [0.25, 0.3) is 0 Å². The average Bonchev–Trinajstić information content (AvgIpc) is 2.97. The number of benzene rings is 2. The van der Waals surface area contributed by atoms with E-state index in [9.17, 15) is 13.2 Å². The van der Waals surface area contributed by atoms with E-state index in [1.807, 2.05) is 0 Å². The third-order valence-corrected chi connectivity index (χ3v) is 7.17. The number of esters is 1. The molecule has 1 heterocycles. The number of hydrogen-bond acceptors (Lipinski definition) is 4. The second-order valence-electron chi connectivity index (χ2n) is 6.65. The summed E-state index contributed by atoms with van der Waals surface area (Å²) in [5, 5.41) is 0.917. The van der Waals surface area contributed by atoms with E-state index in [0.717, 1.165) is 25.7 Å². The average molecular weight is 442 g/mol. The Labute approximate surface area is 175 Å². The Bertz CT molecular complexity index is 937. The van der Waals surface area contributed by atoms with E-state index in [2.05, 4.69) is 0 Å². The first-order valence-electron chi connectivity index (χ1n) is 9.09. The smallest absolute Gasteiger partial charge is 0.338 e. The van der Waals surface area contributed by atoms with Crippen LogP contribution < -0.4 is 0 Å². The highest BCUT2D eigenvalue weighted by molar-refractivity contribution is 7.89. The number of carbonyl (C=O) groups is 1. The van der Waals surface area contributed by atoms with Gasteiger partial charge in [-0.2, -0.15) is 4.31 Å². The summed E-state index contributed by atoms with van der Waals surface area (Å²) < 4.78 is 32.4. The fourth-order valence-electron chi connectivity index (χ4n) is 3.06. The molecule has 0 saturated carbocycles. The standard InChI is InChI=1S/C20H21Cl2NO4S/c21-17-8-5-16(19(22)13-17)14-27-20(24)15-6-9-18(10-7-15)28(25,26)23-11-3-1-2-4-12-23/h5-10,13H,1-4,11-12,14H2. The first-order valence-corrected chi connectivity index (χ1v) is 11.3. The minimum atomic E-state index is -3.54. The summed E-state index contributed by atoms with van der Waals surface area (Å²) in [6.45, 7) is 1.07. The Morgan fingerprint density at radius 2 is 1.61 bits per heavy atom. The summed E-state index contributed by atoms with van der Waals surface area (Å²) in [5.74, 6) is -0.551. The monoisotopic (exact) mass is 441 g/mol. The highest BCUT2D eigenvalue weighted by Gasteiger charge is 2.25. The van der Waals surface area contributed by atoms with Gasteiger partial charge >= 0.3 is 5.97 Å². The van der Waals surface area contributed by atoms with Gasteiger partial charge in [0.05, 0.1) is 10.5 Å². The Morgan fingerprint density at radius 1 is 0.964 bits per heavy atom. The highest BCUT2D eigenvalue weighted by Crippen LogP contribution is 2.23. The number of carbonyl (C=O) groups excluding carboxylic acids is 1. The minimum absolute atomic E-state index is 0.00264. The summed E-state index contributed by atoms with van der Waals surface area (Å²) in [6.07, 6.45) is 3.84. The van der Waals surface area contributed by atoms with Crippen LogP contribution in [0.1, 0.15) is 41.6 Å². The van der Waals surface area contributed by atoms with Crippen molar-refractivity contribution in [1.29, 1.82) is 0 Å². The van der Waals surface area contributed by atoms with Crippen LogP contribution in [-0.2, 0) is 21.4 Å². The number of nitrogens with zero attached hydrogens (tertiary/aromatic N) is 1. The van der Waals surface area contributed by atoms with Crippen LogP contribution in [0.15, 0.2) is 47.4 Å². The van der Waals surface area contributed by atoms with Gasteiger partial charge in [-0.1, -0.05) is 42.1 Å². The summed E-state index contributed by atoms with van der Waals surface area (Å²) in [6, 6.07) is 10.8. The summed E-state index contributed by atoms with van der Waals surface area (Å²) in [4.78, 5) is 12.4. The maximum absolute atomic E-state index is 12.8. The van der Waals surface area contributed by atoms with Gasteiger partial charge < -0.3 is 4.74 Å². The topological polar surface area (TPSA) is 63.7 Å². The fourth-order valence-corrected chi connectivity index (χ4v) is 5.04. The van der Waals surface area contributed by atoms with Crippen molar-refractivity contribution in [3.63, 3.8) is 0 Å². The molecule has 2 aromatic rings. The Hall–Kier alpha value is -1.60. The van der Waals surface area contributed by atoms with Gasteiger partial charge in [-0.25, -0.2) is 13.2 Å². The molecular formula is C20H21Cl2NO4S. The van der Waals surface area contributed by atoms with Gasteiger partial charge in [0.2, 0.25) is 10.0 Å². The van der Waals surface area contributed by atoms with Crippen molar-refractivity contribution in [3.8, 4) is 0 Å². The summed E-state index contributed by atoms with van der Waals surface area (Å²) in [7, 11) is -3.54. The lowest BCUT2D eigenvalue weighted by Gasteiger charge is -2.20. The molecule has 5 nitrogen and oxygen atoms in total.